The van der Waals surface area contributed by atoms with Crippen molar-refractivity contribution in [3.8, 4) is 0 Å². The second-order valence-electron chi connectivity index (χ2n) is 4.27. The molecule has 10 heteroatoms. The average Bonchev–Trinajstić information content (AvgIpc) is 2.67. The minimum absolute atomic E-state index is 0.129. The molecule has 3 amide bonds. The van der Waals surface area contributed by atoms with E-state index >= 15 is 0 Å². The number of alkyl halides is 3. The zero-order valence-electron chi connectivity index (χ0n) is 10.3. The normalized spacial score (nSPS) is 15.7. The van der Waals surface area contributed by atoms with Gasteiger partial charge in [-0.05, 0) is 17.7 Å². The van der Waals surface area contributed by atoms with Gasteiger partial charge in [0.05, 0.1) is 11.3 Å². The van der Waals surface area contributed by atoms with Crippen LogP contribution in [-0.2, 0) is 27.4 Å². The van der Waals surface area contributed by atoms with Crippen LogP contribution < -0.4 is 10.2 Å². The molecule has 0 aliphatic carbocycles. The van der Waals surface area contributed by atoms with Crippen LogP contribution in [0.5, 0.6) is 0 Å². The Morgan fingerprint density at radius 1 is 1.24 bits per heavy atom. The highest BCUT2D eigenvalue weighted by molar-refractivity contribution is 7.71. The molecule has 0 unspecified atom stereocenters. The first-order valence-corrected chi connectivity index (χ1v) is 6.98. The summed E-state index contributed by atoms with van der Waals surface area (Å²) in [5.41, 5.74) is -1.69. The van der Waals surface area contributed by atoms with Crippen molar-refractivity contribution in [2.24, 2.45) is 0 Å². The number of carbonyl (C=O) groups is 2. The number of nitrogens with one attached hydrogen (secondary N) is 1. The van der Waals surface area contributed by atoms with E-state index < -0.39 is 45.7 Å². The van der Waals surface area contributed by atoms with Gasteiger partial charge in [-0.15, -0.1) is 0 Å². The lowest BCUT2D eigenvalue weighted by atomic mass is 10.1. The second kappa shape index (κ2) is 5.35. The number of imide groups is 1. The molecule has 1 aromatic carbocycles. The first-order chi connectivity index (χ1) is 9.68. The predicted molar refractivity (Wildman–Crippen MR) is 66.3 cm³/mol. The number of anilines is 1. The first kappa shape index (κ1) is 15.3. The predicted octanol–water partition coefficient (Wildman–Crippen LogP) is 0.873. The van der Waals surface area contributed by atoms with Gasteiger partial charge >= 0.3 is 12.2 Å². The van der Waals surface area contributed by atoms with Crippen LogP contribution in [-0.4, -0.2) is 26.9 Å². The highest BCUT2D eigenvalue weighted by Crippen LogP contribution is 2.35. The lowest BCUT2D eigenvalue weighted by Crippen LogP contribution is -2.28. The molecule has 1 heterocycles. The maximum Gasteiger partial charge on any atom is 0.416 e. The molecule has 1 aliphatic heterocycles. The number of amides is 3. The molecule has 2 rings (SSSR count). The number of urea groups is 1. The zero-order chi connectivity index (χ0) is 15.8. The molecule has 0 atom stereocenters. The van der Waals surface area contributed by atoms with Crippen LogP contribution in [0.1, 0.15) is 11.1 Å². The number of benzene rings is 1. The van der Waals surface area contributed by atoms with E-state index in [0.29, 0.717) is 6.07 Å². The molecule has 1 saturated heterocycles. The minimum atomic E-state index is -4.77. The van der Waals surface area contributed by atoms with Crippen molar-refractivity contribution in [1.82, 2.24) is 5.32 Å². The molecule has 0 radical (unpaired) electrons. The third-order valence-corrected chi connectivity index (χ3v) is 3.40. The summed E-state index contributed by atoms with van der Waals surface area (Å²) < 4.78 is 60.1. The molecule has 0 spiro atoms. The van der Waals surface area contributed by atoms with Gasteiger partial charge in [-0.25, -0.2) is 13.2 Å². The number of carbonyl (C=O) groups excluding carboxylic acids is 2. The highest BCUT2D eigenvalue weighted by atomic mass is 32.2. The Labute approximate surface area is 118 Å². The van der Waals surface area contributed by atoms with Crippen LogP contribution >= 0.6 is 0 Å². The number of nitrogens with zero attached hydrogens (tertiary/aromatic N) is 1. The average molecular weight is 322 g/mol. The molecule has 1 fully saturated rings. The van der Waals surface area contributed by atoms with Crippen molar-refractivity contribution >= 4 is 28.3 Å². The highest BCUT2D eigenvalue weighted by Gasteiger charge is 2.35. The molecule has 0 saturated carbocycles. The Balaban J connectivity index is 2.47. The molecule has 114 valence electrons. The lowest BCUT2D eigenvalue weighted by Gasteiger charge is -2.17. The molecular weight excluding hydrogens is 313 g/mol. The van der Waals surface area contributed by atoms with Crippen molar-refractivity contribution in [1.29, 1.82) is 0 Å². The first-order valence-electron chi connectivity index (χ1n) is 5.62. The number of hydrogen-bond acceptors (Lipinski definition) is 4. The fraction of sp³-hybridized carbons (Fsp3) is 0.273. The van der Waals surface area contributed by atoms with Crippen LogP contribution in [0.3, 0.4) is 0 Å². The molecule has 6 nitrogen and oxygen atoms in total. The van der Waals surface area contributed by atoms with Gasteiger partial charge in [0, 0.05) is 5.69 Å². The van der Waals surface area contributed by atoms with Gasteiger partial charge in [0.2, 0.25) is 5.91 Å². The second-order valence-corrected chi connectivity index (χ2v) is 5.25. The molecule has 0 aromatic heterocycles. The fourth-order valence-electron chi connectivity index (χ4n) is 1.92. The Morgan fingerprint density at radius 3 is 2.38 bits per heavy atom. The van der Waals surface area contributed by atoms with Gasteiger partial charge in [0.25, 0.3) is 0 Å². The SMILES string of the molecule is O=C1CN(c2ccc(C[SH](=O)=O)c(C(F)(F)F)c2)C(=O)N1. The van der Waals surface area contributed by atoms with Crippen molar-refractivity contribution in [2.45, 2.75) is 11.9 Å². The van der Waals surface area contributed by atoms with E-state index in [1.165, 1.54) is 6.07 Å². The Bertz CT molecular complexity index is 677. The maximum atomic E-state index is 13.0. The van der Waals surface area contributed by atoms with E-state index in [1.54, 1.807) is 0 Å². The maximum absolute atomic E-state index is 13.0. The number of thiol groups is 1. The monoisotopic (exact) mass is 322 g/mol. The van der Waals surface area contributed by atoms with Crippen LogP contribution in [0, 0.1) is 0 Å². The summed E-state index contributed by atoms with van der Waals surface area (Å²) in [5.74, 6) is -1.38. The van der Waals surface area contributed by atoms with E-state index in [1.807, 2.05) is 5.32 Å². The smallest absolute Gasteiger partial charge is 0.285 e. The third kappa shape index (κ3) is 3.32. The Morgan fingerprint density at radius 2 is 1.90 bits per heavy atom. The van der Waals surface area contributed by atoms with Crippen molar-refractivity contribution in [2.75, 3.05) is 11.4 Å². The summed E-state index contributed by atoms with van der Waals surface area (Å²) in [7, 11) is -3.02. The molecule has 1 aliphatic rings. The Hall–Kier alpha value is -2.10. The summed E-state index contributed by atoms with van der Waals surface area (Å²) in [6, 6.07) is 1.99. The van der Waals surface area contributed by atoms with E-state index in [-0.39, 0.29) is 12.2 Å². The van der Waals surface area contributed by atoms with Crippen LogP contribution in [0.2, 0.25) is 0 Å². The van der Waals surface area contributed by atoms with Crippen molar-refractivity contribution in [3.05, 3.63) is 29.3 Å². The lowest BCUT2D eigenvalue weighted by molar-refractivity contribution is -0.138. The van der Waals surface area contributed by atoms with Gasteiger partial charge in [-0.2, -0.15) is 13.2 Å². The number of hydrogen-bond donors (Lipinski definition) is 2. The summed E-state index contributed by atoms with van der Waals surface area (Å²) in [6.07, 6.45) is -4.77. The summed E-state index contributed by atoms with van der Waals surface area (Å²) >= 11 is 0. The van der Waals surface area contributed by atoms with Gasteiger partial charge in [0.15, 0.2) is 0 Å². The van der Waals surface area contributed by atoms with Gasteiger partial charge in [0.1, 0.15) is 17.2 Å². The van der Waals surface area contributed by atoms with E-state index in [4.69, 9.17) is 0 Å². The van der Waals surface area contributed by atoms with Crippen LogP contribution in [0.4, 0.5) is 23.7 Å². The van der Waals surface area contributed by atoms with Crippen LogP contribution in [0.25, 0.3) is 0 Å². The van der Waals surface area contributed by atoms with Gasteiger partial charge < -0.3 is 0 Å². The van der Waals surface area contributed by atoms with Crippen LogP contribution in [0.15, 0.2) is 18.2 Å². The van der Waals surface area contributed by atoms with E-state index in [0.717, 1.165) is 11.0 Å². The Kier molecular flexibility index (Phi) is 3.90. The molecule has 1 aromatic rings. The summed E-state index contributed by atoms with van der Waals surface area (Å²) in [5, 5.41) is 1.94. The number of rotatable bonds is 3. The minimum Gasteiger partial charge on any atom is -0.285 e. The summed E-state index contributed by atoms with van der Waals surface area (Å²) in [6.45, 7) is -0.384. The van der Waals surface area contributed by atoms with Gasteiger partial charge in [-0.1, -0.05) is 6.07 Å². The third-order valence-electron chi connectivity index (χ3n) is 2.80. The molecule has 21 heavy (non-hydrogen) atoms. The largest absolute Gasteiger partial charge is 0.416 e. The fourth-order valence-corrected chi connectivity index (χ4v) is 2.48. The topological polar surface area (TPSA) is 83.6 Å². The summed E-state index contributed by atoms with van der Waals surface area (Å²) in [4.78, 5) is 23.3. The van der Waals surface area contributed by atoms with Crippen molar-refractivity contribution < 1.29 is 31.2 Å². The molecular formula is C11H9F3N2O4S. The standard InChI is InChI=1S/C11H9F3N2O4S/c12-11(13,14)8-3-7(2-1-6(8)5-21(19)20)16-4-9(17)15-10(16)18/h1-3,21H,4-5H2,(H,15,17,18). The molecule has 0 bridgehead atoms. The quantitative estimate of drug-likeness (QED) is 0.639. The van der Waals surface area contributed by atoms with E-state index in [2.05, 4.69) is 0 Å². The van der Waals surface area contributed by atoms with Gasteiger partial charge in [-0.3, -0.25) is 15.0 Å². The van der Waals surface area contributed by atoms with Crippen molar-refractivity contribution in [3.63, 3.8) is 0 Å². The zero-order valence-corrected chi connectivity index (χ0v) is 11.2. The number of halogens is 3. The van der Waals surface area contributed by atoms with E-state index in [9.17, 15) is 31.2 Å². The molecule has 1 N–H and O–H groups in total.